The normalized spacial score (nSPS) is 24.1. The molecule has 2 unspecified atom stereocenters. The predicted molar refractivity (Wildman–Crippen MR) is 116 cm³/mol. The molecule has 0 aromatic rings. The van der Waals surface area contributed by atoms with Gasteiger partial charge in [-0.1, -0.05) is 0 Å². The standard InChI is InChI=1S/C18H36N4O3.HI/c1-19-18(20-13-17-5-4-7-21(17)9-10-23-2)22-8-6-16(14-22)15-25-12-11-24-3;/h16-17H,4-15H2,1-3H3,(H,19,20);1H. The van der Waals surface area contributed by atoms with E-state index in [1.165, 1.54) is 19.4 Å². The first-order valence-electron chi connectivity index (χ1n) is 9.53. The number of guanidine groups is 1. The fraction of sp³-hybridized carbons (Fsp3) is 0.944. The summed E-state index contributed by atoms with van der Waals surface area (Å²) in [4.78, 5) is 9.38. The molecule has 2 heterocycles. The minimum atomic E-state index is 0. The maximum atomic E-state index is 5.68. The van der Waals surface area contributed by atoms with Crippen LogP contribution in [0, 0.1) is 5.92 Å². The SMILES string of the molecule is CN=C(NCC1CCCN1CCOC)N1CCC(COCCOC)C1.I. The largest absolute Gasteiger partial charge is 0.383 e. The maximum absolute atomic E-state index is 5.68. The predicted octanol–water partition coefficient (Wildman–Crippen LogP) is 1.28. The Labute approximate surface area is 175 Å². The van der Waals surface area contributed by atoms with Gasteiger partial charge in [0.2, 0.25) is 0 Å². The zero-order chi connectivity index (χ0) is 17.9. The average Bonchev–Trinajstić information content (AvgIpc) is 3.27. The zero-order valence-electron chi connectivity index (χ0n) is 16.6. The van der Waals surface area contributed by atoms with Crippen molar-refractivity contribution in [2.75, 3.05) is 80.4 Å². The van der Waals surface area contributed by atoms with Gasteiger partial charge in [0.1, 0.15) is 0 Å². The Morgan fingerprint density at radius 2 is 1.92 bits per heavy atom. The quantitative estimate of drug-likeness (QED) is 0.218. The van der Waals surface area contributed by atoms with Crippen molar-refractivity contribution in [3.05, 3.63) is 0 Å². The molecule has 2 atom stereocenters. The number of methoxy groups -OCH3 is 2. The molecule has 0 amide bonds. The smallest absolute Gasteiger partial charge is 0.193 e. The monoisotopic (exact) mass is 484 g/mol. The number of hydrogen-bond donors (Lipinski definition) is 1. The molecule has 1 N–H and O–H groups in total. The fourth-order valence-electron chi connectivity index (χ4n) is 3.72. The average molecular weight is 484 g/mol. The van der Waals surface area contributed by atoms with Crippen LogP contribution in [0.2, 0.25) is 0 Å². The Morgan fingerprint density at radius 1 is 1.12 bits per heavy atom. The summed E-state index contributed by atoms with van der Waals surface area (Å²) in [6.07, 6.45) is 3.69. The third kappa shape index (κ3) is 7.84. The molecule has 154 valence electrons. The van der Waals surface area contributed by atoms with Gasteiger partial charge in [-0.05, 0) is 25.8 Å². The summed E-state index contributed by atoms with van der Waals surface area (Å²) >= 11 is 0. The van der Waals surface area contributed by atoms with Gasteiger partial charge in [0.25, 0.3) is 0 Å². The van der Waals surface area contributed by atoms with Gasteiger partial charge >= 0.3 is 0 Å². The van der Waals surface area contributed by atoms with Crippen molar-refractivity contribution >= 4 is 29.9 Å². The van der Waals surface area contributed by atoms with Crippen LogP contribution >= 0.6 is 24.0 Å². The minimum Gasteiger partial charge on any atom is -0.383 e. The van der Waals surface area contributed by atoms with Crippen LogP contribution in [0.4, 0.5) is 0 Å². The van der Waals surface area contributed by atoms with Crippen molar-refractivity contribution in [1.29, 1.82) is 0 Å². The Hall–Kier alpha value is -0.160. The third-order valence-corrected chi connectivity index (χ3v) is 5.16. The van der Waals surface area contributed by atoms with E-state index >= 15 is 0 Å². The molecule has 2 aliphatic rings. The van der Waals surface area contributed by atoms with E-state index in [0.717, 1.165) is 51.8 Å². The third-order valence-electron chi connectivity index (χ3n) is 5.16. The second-order valence-corrected chi connectivity index (χ2v) is 6.92. The van der Waals surface area contributed by atoms with Gasteiger partial charge in [0.05, 0.1) is 26.4 Å². The van der Waals surface area contributed by atoms with Crippen LogP contribution in [0.25, 0.3) is 0 Å². The molecule has 2 saturated heterocycles. The first-order chi connectivity index (χ1) is 12.3. The Kier molecular flexibility index (Phi) is 12.8. The van der Waals surface area contributed by atoms with Crippen LogP contribution < -0.4 is 5.32 Å². The lowest BCUT2D eigenvalue weighted by Gasteiger charge is -2.27. The van der Waals surface area contributed by atoms with Crippen molar-refractivity contribution in [2.24, 2.45) is 10.9 Å². The van der Waals surface area contributed by atoms with Gasteiger partial charge in [-0.15, -0.1) is 24.0 Å². The van der Waals surface area contributed by atoms with Crippen LogP contribution in [-0.2, 0) is 14.2 Å². The molecule has 0 radical (unpaired) electrons. The van der Waals surface area contributed by atoms with E-state index in [9.17, 15) is 0 Å². The summed E-state index contributed by atoms with van der Waals surface area (Å²) in [5, 5.41) is 3.59. The van der Waals surface area contributed by atoms with Crippen LogP contribution in [-0.4, -0.2) is 102 Å². The molecule has 0 aromatic carbocycles. The highest BCUT2D eigenvalue weighted by Crippen LogP contribution is 2.18. The van der Waals surface area contributed by atoms with E-state index in [-0.39, 0.29) is 24.0 Å². The summed E-state index contributed by atoms with van der Waals surface area (Å²) in [5.74, 6) is 1.61. The molecule has 0 aromatic heterocycles. The van der Waals surface area contributed by atoms with E-state index in [2.05, 4.69) is 20.1 Å². The number of likely N-dealkylation sites (tertiary alicyclic amines) is 2. The Morgan fingerprint density at radius 3 is 2.65 bits per heavy atom. The number of aliphatic imine (C=N–C) groups is 1. The molecule has 2 fully saturated rings. The number of halogens is 1. The van der Waals surface area contributed by atoms with Crippen molar-refractivity contribution in [3.63, 3.8) is 0 Å². The summed E-state index contributed by atoms with van der Waals surface area (Å²) < 4.78 is 15.9. The van der Waals surface area contributed by atoms with Crippen LogP contribution in [0.1, 0.15) is 19.3 Å². The van der Waals surface area contributed by atoms with E-state index < -0.39 is 0 Å². The highest BCUT2D eigenvalue weighted by molar-refractivity contribution is 14.0. The lowest BCUT2D eigenvalue weighted by Crippen LogP contribution is -2.46. The number of rotatable bonds is 10. The van der Waals surface area contributed by atoms with E-state index in [1.807, 2.05) is 7.05 Å². The van der Waals surface area contributed by atoms with Gasteiger partial charge in [-0.25, -0.2) is 0 Å². The van der Waals surface area contributed by atoms with E-state index in [0.29, 0.717) is 25.2 Å². The fourth-order valence-corrected chi connectivity index (χ4v) is 3.72. The van der Waals surface area contributed by atoms with Gasteiger partial charge in [0.15, 0.2) is 5.96 Å². The van der Waals surface area contributed by atoms with Crippen molar-refractivity contribution in [2.45, 2.75) is 25.3 Å². The molecule has 26 heavy (non-hydrogen) atoms. The molecule has 0 saturated carbocycles. The van der Waals surface area contributed by atoms with Gasteiger partial charge in [-0.3, -0.25) is 9.89 Å². The van der Waals surface area contributed by atoms with Gasteiger partial charge < -0.3 is 24.4 Å². The number of hydrogen-bond acceptors (Lipinski definition) is 5. The zero-order valence-corrected chi connectivity index (χ0v) is 18.9. The molecule has 8 heteroatoms. The number of ether oxygens (including phenoxy) is 3. The lowest BCUT2D eigenvalue weighted by molar-refractivity contribution is 0.0536. The number of nitrogens with one attached hydrogen (secondary N) is 1. The Balaban J connectivity index is 0.00000338. The minimum absolute atomic E-state index is 0. The van der Waals surface area contributed by atoms with Crippen molar-refractivity contribution in [3.8, 4) is 0 Å². The van der Waals surface area contributed by atoms with Crippen molar-refractivity contribution < 1.29 is 14.2 Å². The summed E-state index contributed by atoms with van der Waals surface area (Å²) in [5.41, 5.74) is 0. The summed E-state index contributed by atoms with van der Waals surface area (Å²) in [7, 11) is 5.35. The molecule has 0 aliphatic carbocycles. The Bertz CT molecular complexity index is 401. The second kappa shape index (κ2) is 13.9. The molecule has 2 aliphatic heterocycles. The van der Waals surface area contributed by atoms with Gasteiger partial charge in [0, 0.05) is 59.4 Å². The highest BCUT2D eigenvalue weighted by Gasteiger charge is 2.27. The molecule has 2 rings (SSSR count). The molecular weight excluding hydrogens is 447 g/mol. The summed E-state index contributed by atoms with van der Waals surface area (Å²) in [6.45, 7) is 8.19. The molecule has 0 spiro atoms. The van der Waals surface area contributed by atoms with Crippen molar-refractivity contribution in [1.82, 2.24) is 15.1 Å². The summed E-state index contributed by atoms with van der Waals surface area (Å²) in [6, 6.07) is 0.586. The van der Waals surface area contributed by atoms with E-state index in [4.69, 9.17) is 14.2 Å². The van der Waals surface area contributed by atoms with Crippen LogP contribution in [0.3, 0.4) is 0 Å². The van der Waals surface area contributed by atoms with Crippen LogP contribution in [0.5, 0.6) is 0 Å². The highest BCUT2D eigenvalue weighted by atomic mass is 127. The van der Waals surface area contributed by atoms with E-state index in [1.54, 1.807) is 14.2 Å². The lowest BCUT2D eigenvalue weighted by atomic mass is 10.1. The molecular formula is C18H37IN4O3. The van der Waals surface area contributed by atoms with Gasteiger partial charge in [-0.2, -0.15) is 0 Å². The first kappa shape index (κ1) is 23.9. The molecule has 0 bridgehead atoms. The maximum Gasteiger partial charge on any atom is 0.193 e. The van der Waals surface area contributed by atoms with Crippen LogP contribution in [0.15, 0.2) is 4.99 Å². The second-order valence-electron chi connectivity index (χ2n) is 6.92. The topological polar surface area (TPSA) is 58.6 Å². The molecule has 7 nitrogen and oxygen atoms in total. The first-order valence-corrected chi connectivity index (χ1v) is 9.53. The number of nitrogens with zero attached hydrogens (tertiary/aromatic N) is 3.